The van der Waals surface area contributed by atoms with Gasteiger partial charge in [-0.25, -0.2) is 14.6 Å². The summed E-state index contributed by atoms with van der Waals surface area (Å²) < 4.78 is 2.46. The molecule has 0 atom stereocenters. The molecule has 0 aliphatic carbocycles. The number of benzene rings is 1. The van der Waals surface area contributed by atoms with Gasteiger partial charge in [0.15, 0.2) is 5.82 Å². The molecule has 0 saturated heterocycles. The third-order valence-corrected chi connectivity index (χ3v) is 5.49. The maximum atomic E-state index is 6.14. The SMILES string of the molecule is Nn1c(Sc2ncnc3ccc(Br)cc23)nnc1-c1cccs1. The lowest BCUT2D eigenvalue weighted by Crippen LogP contribution is -2.11. The Hall–Kier alpha value is -1.97. The van der Waals surface area contributed by atoms with Crippen molar-refractivity contribution in [3.05, 3.63) is 46.5 Å². The molecule has 9 heteroatoms. The first-order valence-electron chi connectivity index (χ1n) is 6.55. The number of fused-ring (bicyclic) bond motifs is 1. The summed E-state index contributed by atoms with van der Waals surface area (Å²) in [6.07, 6.45) is 1.54. The van der Waals surface area contributed by atoms with Crippen molar-refractivity contribution >= 4 is 49.9 Å². The molecule has 0 radical (unpaired) electrons. The van der Waals surface area contributed by atoms with Gasteiger partial charge in [-0.05, 0) is 41.4 Å². The third-order valence-electron chi connectivity index (χ3n) is 3.15. The molecule has 4 rings (SSSR count). The van der Waals surface area contributed by atoms with Crippen LogP contribution >= 0.6 is 39.0 Å². The lowest BCUT2D eigenvalue weighted by Gasteiger charge is -2.05. The van der Waals surface area contributed by atoms with Gasteiger partial charge in [-0.15, -0.1) is 21.5 Å². The van der Waals surface area contributed by atoms with Crippen LogP contribution in [0.4, 0.5) is 0 Å². The summed E-state index contributed by atoms with van der Waals surface area (Å²) in [5.41, 5.74) is 0.868. The van der Waals surface area contributed by atoms with Crippen LogP contribution < -0.4 is 5.84 Å². The summed E-state index contributed by atoms with van der Waals surface area (Å²) in [6.45, 7) is 0. The highest BCUT2D eigenvalue weighted by Crippen LogP contribution is 2.32. The number of rotatable bonds is 3. The fourth-order valence-corrected chi connectivity index (χ4v) is 3.97. The fraction of sp³-hybridized carbons (Fsp3) is 0. The average molecular weight is 405 g/mol. The van der Waals surface area contributed by atoms with Gasteiger partial charge in [-0.3, -0.25) is 0 Å². The predicted octanol–water partition coefficient (Wildman–Crippen LogP) is 3.58. The molecule has 3 aromatic heterocycles. The van der Waals surface area contributed by atoms with Gasteiger partial charge in [0.25, 0.3) is 0 Å². The second-order valence-corrected chi connectivity index (χ2v) is 7.42. The predicted molar refractivity (Wildman–Crippen MR) is 94.8 cm³/mol. The second-order valence-electron chi connectivity index (χ2n) is 4.60. The van der Waals surface area contributed by atoms with Gasteiger partial charge in [0, 0.05) is 9.86 Å². The molecule has 6 nitrogen and oxygen atoms in total. The van der Waals surface area contributed by atoms with Crippen LogP contribution in [0, 0.1) is 0 Å². The van der Waals surface area contributed by atoms with E-state index in [1.165, 1.54) is 22.8 Å². The summed E-state index contributed by atoms with van der Waals surface area (Å²) in [4.78, 5) is 9.60. The van der Waals surface area contributed by atoms with Crippen molar-refractivity contribution in [2.24, 2.45) is 0 Å². The van der Waals surface area contributed by atoms with Crippen LogP contribution in [-0.4, -0.2) is 24.8 Å². The van der Waals surface area contributed by atoms with Gasteiger partial charge in [0.2, 0.25) is 5.16 Å². The molecule has 0 saturated carbocycles. The number of hydrogen-bond donors (Lipinski definition) is 1. The van der Waals surface area contributed by atoms with Crippen LogP contribution in [0.5, 0.6) is 0 Å². The van der Waals surface area contributed by atoms with Crippen molar-refractivity contribution in [1.29, 1.82) is 0 Å². The van der Waals surface area contributed by atoms with Crippen molar-refractivity contribution < 1.29 is 0 Å². The molecule has 0 aliphatic heterocycles. The largest absolute Gasteiger partial charge is 0.335 e. The zero-order valence-electron chi connectivity index (χ0n) is 11.5. The van der Waals surface area contributed by atoms with Gasteiger partial charge < -0.3 is 5.84 Å². The van der Waals surface area contributed by atoms with E-state index in [1.54, 1.807) is 11.3 Å². The Morgan fingerprint density at radius 1 is 1.17 bits per heavy atom. The molecule has 2 N–H and O–H groups in total. The van der Waals surface area contributed by atoms with Gasteiger partial charge in [0.05, 0.1) is 10.4 Å². The highest BCUT2D eigenvalue weighted by atomic mass is 79.9. The van der Waals surface area contributed by atoms with Crippen LogP contribution in [0.25, 0.3) is 21.6 Å². The first-order valence-corrected chi connectivity index (χ1v) is 9.04. The summed E-state index contributed by atoms with van der Waals surface area (Å²) in [5.74, 6) is 6.78. The van der Waals surface area contributed by atoms with E-state index in [2.05, 4.69) is 36.1 Å². The number of nitrogens with two attached hydrogens (primary N) is 1. The van der Waals surface area contributed by atoms with Crippen molar-refractivity contribution in [2.45, 2.75) is 10.2 Å². The van der Waals surface area contributed by atoms with E-state index in [0.717, 1.165) is 25.3 Å². The second kappa shape index (κ2) is 5.91. The quantitative estimate of drug-likeness (QED) is 0.415. The van der Waals surface area contributed by atoms with Crippen molar-refractivity contribution in [1.82, 2.24) is 24.8 Å². The maximum absolute atomic E-state index is 6.14. The Morgan fingerprint density at radius 3 is 2.91 bits per heavy atom. The van der Waals surface area contributed by atoms with Gasteiger partial charge in [-0.1, -0.05) is 22.0 Å². The van der Waals surface area contributed by atoms with E-state index in [0.29, 0.717) is 11.0 Å². The van der Waals surface area contributed by atoms with Crippen molar-refractivity contribution in [2.75, 3.05) is 5.84 Å². The molecule has 0 unspecified atom stereocenters. The summed E-state index contributed by atoms with van der Waals surface area (Å²) in [6, 6.07) is 9.79. The number of hydrogen-bond acceptors (Lipinski definition) is 7. The van der Waals surface area contributed by atoms with E-state index in [1.807, 2.05) is 35.7 Å². The molecule has 0 fully saturated rings. The third kappa shape index (κ3) is 2.71. The molecule has 0 bridgehead atoms. The number of aromatic nitrogens is 5. The number of nitrogens with zero attached hydrogens (tertiary/aromatic N) is 5. The average Bonchev–Trinajstić information content (AvgIpc) is 3.19. The maximum Gasteiger partial charge on any atom is 0.216 e. The highest BCUT2D eigenvalue weighted by Gasteiger charge is 2.15. The lowest BCUT2D eigenvalue weighted by atomic mass is 10.2. The van der Waals surface area contributed by atoms with Crippen molar-refractivity contribution in [3.8, 4) is 10.7 Å². The molecule has 1 aromatic carbocycles. The molecule has 0 spiro atoms. The molecule has 23 heavy (non-hydrogen) atoms. The summed E-state index contributed by atoms with van der Waals surface area (Å²) in [5, 5.41) is 12.6. The molecule has 0 aliphatic rings. The van der Waals surface area contributed by atoms with Gasteiger partial charge in [-0.2, -0.15) is 0 Å². The number of halogens is 1. The van der Waals surface area contributed by atoms with Crippen LogP contribution in [0.15, 0.2) is 56.7 Å². The Balaban J connectivity index is 1.76. The lowest BCUT2D eigenvalue weighted by molar-refractivity contribution is 0.848. The van der Waals surface area contributed by atoms with E-state index in [9.17, 15) is 0 Å². The Labute approximate surface area is 147 Å². The molecular formula is C14H9BrN6S2. The topological polar surface area (TPSA) is 82.5 Å². The summed E-state index contributed by atoms with van der Waals surface area (Å²) >= 11 is 6.41. The molecule has 0 amide bonds. The summed E-state index contributed by atoms with van der Waals surface area (Å²) in [7, 11) is 0. The monoisotopic (exact) mass is 404 g/mol. The molecule has 4 aromatic rings. The van der Waals surface area contributed by atoms with Crippen LogP contribution in [0.1, 0.15) is 0 Å². The molecule has 3 heterocycles. The molecular weight excluding hydrogens is 396 g/mol. The van der Waals surface area contributed by atoms with E-state index < -0.39 is 0 Å². The number of nitrogen functional groups attached to an aromatic ring is 1. The van der Waals surface area contributed by atoms with E-state index in [-0.39, 0.29) is 0 Å². The minimum absolute atomic E-state index is 0.577. The standard InChI is InChI=1S/C14H9BrN6S2/c15-8-3-4-10-9(6-8)13(18-7-17-10)23-14-20-19-12(21(14)16)11-2-1-5-22-11/h1-7H,16H2. The fourth-order valence-electron chi connectivity index (χ4n) is 2.09. The minimum Gasteiger partial charge on any atom is -0.335 e. The number of thiophene rings is 1. The van der Waals surface area contributed by atoms with E-state index in [4.69, 9.17) is 5.84 Å². The zero-order chi connectivity index (χ0) is 15.8. The smallest absolute Gasteiger partial charge is 0.216 e. The Bertz CT molecular complexity index is 982. The van der Waals surface area contributed by atoms with Crippen LogP contribution in [0.3, 0.4) is 0 Å². The normalized spacial score (nSPS) is 11.2. The molecule has 114 valence electrons. The minimum atomic E-state index is 0.577. The first-order chi connectivity index (χ1) is 11.2. The zero-order valence-corrected chi connectivity index (χ0v) is 14.8. The van der Waals surface area contributed by atoms with Crippen LogP contribution in [-0.2, 0) is 0 Å². The Morgan fingerprint density at radius 2 is 2.09 bits per heavy atom. The van der Waals surface area contributed by atoms with Crippen LogP contribution in [0.2, 0.25) is 0 Å². The van der Waals surface area contributed by atoms with Gasteiger partial charge in [0.1, 0.15) is 11.4 Å². The first kappa shape index (κ1) is 14.6. The van der Waals surface area contributed by atoms with Gasteiger partial charge >= 0.3 is 0 Å². The van der Waals surface area contributed by atoms with E-state index >= 15 is 0 Å². The van der Waals surface area contributed by atoms with Crippen molar-refractivity contribution in [3.63, 3.8) is 0 Å². The Kier molecular flexibility index (Phi) is 3.76. The highest BCUT2D eigenvalue weighted by molar-refractivity contribution is 9.10.